The molecule has 3 aromatic rings. The third kappa shape index (κ3) is 2.87. The van der Waals surface area contributed by atoms with Gasteiger partial charge in [-0.05, 0) is 36.5 Å². The van der Waals surface area contributed by atoms with Gasteiger partial charge in [0.2, 0.25) is 0 Å². The average Bonchev–Trinajstić information content (AvgIpc) is 2.94. The molecule has 3 rings (SSSR count). The van der Waals surface area contributed by atoms with Gasteiger partial charge in [0.25, 0.3) is 0 Å². The fourth-order valence-corrected chi connectivity index (χ4v) is 2.41. The maximum absolute atomic E-state index is 5.81. The van der Waals surface area contributed by atoms with E-state index in [1.165, 1.54) is 0 Å². The number of benzene rings is 2. The number of hydrogen-bond acceptors (Lipinski definition) is 4. The first-order valence-corrected chi connectivity index (χ1v) is 7.18. The highest BCUT2D eigenvalue weighted by Crippen LogP contribution is 2.26. The van der Waals surface area contributed by atoms with Crippen molar-refractivity contribution in [3.63, 3.8) is 0 Å². The van der Waals surface area contributed by atoms with Crippen LogP contribution >= 0.6 is 12.2 Å². The summed E-state index contributed by atoms with van der Waals surface area (Å²) in [7, 11) is 1.61. The van der Waals surface area contributed by atoms with E-state index in [0.717, 1.165) is 5.69 Å². The fraction of sp³-hybridized carbons (Fsp3) is 0.125. The molecule has 22 heavy (non-hydrogen) atoms. The van der Waals surface area contributed by atoms with Crippen LogP contribution < -0.4 is 9.47 Å². The van der Waals surface area contributed by atoms with Gasteiger partial charge in [-0.2, -0.15) is 5.10 Å². The van der Waals surface area contributed by atoms with Crippen molar-refractivity contribution in [3.8, 4) is 17.2 Å². The van der Waals surface area contributed by atoms with Crippen LogP contribution in [0.3, 0.4) is 0 Å². The number of H-pyrrole nitrogens is 1. The normalized spacial score (nSPS) is 10.4. The minimum absolute atomic E-state index is 0.280. The number of para-hydroxylation sites is 3. The predicted octanol–water partition coefficient (Wildman–Crippen LogP) is 3.52. The van der Waals surface area contributed by atoms with Crippen LogP contribution in [-0.4, -0.2) is 21.9 Å². The molecule has 0 saturated heterocycles. The van der Waals surface area contributed by atoms with Crippen LogP contribution in [0.25, 0.3) is 5.69 Å². The summed E-state index contributed by atoms with van der Waals surface area (Å²) in [6.45, 7) is 0.280. The largest absolute Gasteiger partial charge is 0.493 e. The van der Waals surface area contributed by atoms with Crippen LogP contribution in [0.5, 0.6) is 11.5 Å². The summed E-state index contributed by atoms with van der Waals surface area (Å²) in [6, 6.07) is 17.3. The van der Waals surface area contributed by atoms with E-state index in [4.69, 9.17) is 21.7 Å². The van der Waals surface area contributed by atoms with E-state index in [1.54, 1.807) is 7.11 Å². The Morgan fingerprint density at radius 3 is 2.45 bits per heavy atom. The molecule has 0 unspecified atom stereocenters. The van der Waals surface area contributed by atoms with Crippen LogP contribution in [0.4, 0.5) is 0 Å². The summed E-state index contributed by atoms with van der Waals surface area (Å²) < 4.78 is 13.5. The quantitative estimate of drug-likeness (QED) is 0.732. The zero-order valence-electron chi connectivity index (χ0n) is 12.0. The Bertz CT molecular complexity index is 812. The molecule has 1 heterocycles. The molecule has 0 saturated carbocycles. The monoisotopic (exact) mass is 313 g/mol. The van der Waals surface area contributed by atoms with Crippen molar-refractivity contribution >= 4 is 12.2 Å². The number of aromatic amines is 1. The minimum atomic E-state index is 0.280. The molecule has 0 aliphatic carbocycles. The van der Waals surface area contributed by atoms with Gasteiger partial charge in [0, 0.05) is 5.69 Å². The van der Waals surface area contributed by atoms with Crippen molar-refractivity contribution in [2.24, 2.45) is 0 Å². The van der Waals surface area contributed by atoms with E-state index in [1.807, 2.05) is 59.2 Å². The molecule has 0 amide bonds. The molecule has 0 aliphatic rings. The van der Waals surface area contributed by atoms with Crippen LogP contribution in [0.1, 0.15) is 5.82 Å². The highest BCUT2D eigenvalue weighted by molar-refractivity contribution is 7.71. The number of aromatic nitrogens is 3. The highest BCUT2D eigenvalue weighted by Gasteiger charge is 2.10. The molecular weight excluding hydrogens is 298 g/mol. The lowest BCUT2D eigenvalue weighted by Gasteiger charge is -2.11. The van der Waals surface area contributed by atoms with E-state index in [-0.39, 0.29) is 6.61 Å². The van der Waals surface area contributed by atoms with Crippen LogP contribution in [0.2, 0.25) is 0 Å². The van der Waals surface area contributed by atoms with E-state index in [2.05, 4.69) is 10.2 Å². The van der Waals surface area contributed by atoms with Gasteiger partial charge < -0.3 is 9.47 Å². The highest BCUT2D eigenvalue weighted by atomic mass is 32.1. The second kappa shape index (κ2) is 6.44. The van der Waals surface area contributed by atoms with Gasteiger partial charge in [0.15, 0.2) is 22.1 Å². The molecule has 112 valence electrons. The molecule has 0 fully saturated rings. The zero-order chi connectivity index (χ0) is 15.4. The number of nitrogens with zero attached hydrogens (tertiary/aromatic N) is 2. The Labute approximate surface area is 133 Å². The lowest BCUT2D eigenvalue weighted by molar-refractivity contribution is 0.274. The summed E-state index contributed by atoms with van der Waals surface area (Å²) in [5.74, 6) is 2.04. The molecule has 2 aromatic carbocycles. The first-order valence-electron chi connectivity index (χ1n) is 6.77. The molecular formula is C16H15N3O2S. The molecule has 0 bridgehead atoms. The third-order valence-corrected chi connectivity index (χ3v) is 3.46. The van der Waals surface area contributed by atoms with E-state index < -0.39 is 0 Å². The van der Waals surface area contributed by atoms with Gasteiger partial charge in [-0.15, -0.1) is 0 Å². The standard InChI is InChI=1S/C16H15N3O2S/c1-20-13-9-5-6-10-14(13)21-11-15-17-18-16(22)19(15)12-7-3-2-4-8-12/h2-10H,11H2,1H3,(H,18,22). The smallest absolute Gasteiger partial charge is 0.199 e. The average molecular weight is 313 g/mol. The maximum atomic E-state index is 5.81. The molecule has 0 spiro atoms. The van der Waals surface area contributed by atoms with Crippen LogP contribution in [0, 0.1) is 4.77 Å². The lowest BCUT2D eigenvalue weighted by Crippen LogP contribution is -2.06. The Kier molecular flexibility index (Phi) is 4.20. The Hall–Kier alpha value is -2.60. The Morgan fingerprint density at radius 2 is 1.73 bits per heavy atom. The molecule has 6 heteroatoms. The third-order valence-electron chi connectivity index (χ3n) is 3.18. The maximum Gasteiger partial charge on any atom is 0.199 e. The first kappa shape index (κ1) is 14.3. The molecule has 1 aromatic heterocycles. The molecule has 0 aliphatic heterocycles. The topological polar surface area (TPSA) is 52.1 Å². The number of rotatable bonds is 5. The van der Waals surface area contributed by atoms with Crippen molar-refractivity contribution in [3.05, 3.63) is 65.2 Å². The zero-order valence-corrected chi connectivity index (χ0v) is 12.8. The minimum Gasteiger partial charge on any atom is -0.493 e. The van der Waals surface area contributed by atoms with E-state index >= 15 is 0 Å². The van der Waals surface area contributed by atoms with E-state index in [0.29, 0.717) is 22.1 Å². The number of ether oxygens (including phenoxy) is 2. The van der Waals surface area contributed by atoms with Crippen molar-refractivity contribution < 1.29 is 9.47 Å². The van der Waals surface area contributed by atoms with Gasteiger partial charge in [-0.3, -0.25) is 9.67 Å². The number of nitrogens with one attached hydrogen (secondary N) is 1. The molecule has 0 radical (unpaired) electrons. The number of hydrogen-bond donors (Lipinski definition) is 1. The molecule has 0 atom stereocenters. The van der Waals surface area contributed by atoms with Gasteiger partial charge in [-0.1, -0.05) is 30.3 Å². The summed E-state index contributed by atoms with van der Waals surface area (Å²) in [6.07, 6.45) is 0. The second-order valence-electron chi connectivity index (χ2n) is 4.56. The van der Waals surface area contributed by atoms with E-state index in [9.17, 15) is 0 Å². The number of methoxy groups -OCH3 is 1. The van der Waals surface area contributed by atoms with Crippen molar-refractivity contribution in [2.75, 3.05) is 7.11 Å². The van der Waals surface area contributed by atoms with Crippen molar-refractivity contribution in [1.29, 1.82) is 0 Å². The molecule has 5 nitrogen and oxygen atoms in total. The summed E-state index contributed by atoms with van der Waals surface area (Å²) in [5, 5.41) is 7.05. The molecule has 1 N–H and O–H groups in total. The van der Waals surface area contributed by atoms with Crippen molar-refractivity contribution in [1.82, 2.24) is 14.8 Å². The van der Waals surface area contributed by atoms with Crippen LogP contribution in [0.15, 0.2) is 54.6 Å². The summed E-state index contributed by atoms with van der Waals surface area (Å²) >= 11 is 5.30. The van der Waals surface area contributed by atoms with Gasteiger partial charge in [-0.25, -0.2) is 0 Å². The fourth-order valence-electron chi connectivity index (χ4n) is 2.15. The van der Waals surface area contributed by atoms with Crippen molar-refractivity contribution in [2.45, 2.75) is 6.61 Å². The van der Waals surface area contributed by atoms with Crippen LogP contribution in [-0.2, 0) is 6.61 Å². The summed E-state index contributed by atoms with van der Waals surface area (Å²) in [5.41, 5.74) is 0.944. The second-order valence-corrected chi connectivity index (χ2v) is 4.94. The predicted molar refractivity (Wildman–Crippen MR) is 86.1 cm³/mol. The first-order chi connectivity index (χ1) is 10.8. The Balaban J connectivity index is 1.87. The lowest BCUT2D eigenvalue weighted by atomic mass is 10.3. The SMILES string of the molecule is COc1ccccc1OCc1n[nH]c(=S)n1-c1ccccc1. The summed E-state index contributed by atoms with van der Waals surface area (Å²) in [4.78, 5) is 0. The Morgan fingerprint density at radius 1 is 1.05 bits per heavy atom. The van der Waals surface area contributed by atoms with Gasteiger partial charge in [0.05, 0.1) is 7.11 Å². The van der Waals surface area contributed by atoms with Gasteiger partial charge >= 0.3 is 0 Å². The van der Waals surface area contributed by atoms with Gasteiger partial charge in [0.1, 0.15) is 6.61 Å².